The molecular weight excluding hydrogens is 193 g/mol. The van der Waals surface area contributed by atoms with Gasteiger partial charge >= 0.3 is 0 Å². The maximum Gasteiger partial charge on any atom is 0.0624 e. The van der Waals surface area contributed by atoms with Gasteiger partial charge in [-0.2, -0.15) is 0 Å². The second-order valence-electron chi connectivity index (χ2n) is 2.57. The molecule has 1 N–H and O–H groups in total. The Kier molecular flexibility index (Phi) is 3.86. The van der Waals surface area contributed by atoms with Crippen LogP contribution in [0.4, 0.5) is 0 Å². The SMILES string of the molecule is CNCCc1cccc(Cl)c1Cl. The van der Waals surface area contributed by atoms with Gasteiger partial charge in [0.1, 0.15) is 0 Å². The summed E-state index contributed by atoms with van der Waals surface area (Å²) in [5.41, 5.74) is 1.10. The van der Waals surface area contributed by atoms with E-state index >= 15 is 0 Å². The van der Waals surface area contributed by atoms with Crippen molar-refractivity contribution in [3.63, 3.8) is 0 Å². The van der Waals surface area contributed by atoms with Crippen LogP contribution in [-0.4, -0.2) is 13.6 Å². The topological polar surface area (TPSA) is 12.0 Å². The van der Waals surface area contributed by atoms with Crippen molar-refractivity contribution in [1.82, 2.24) is 5.32 Å². The molecule has 3 heteroatoms. The van der Waals surface area contributed by atoms with Crippen molar-refractivity contribution in [1.29, 1.82) is 0 Å². The quantitative estimate of drug-likeness (QED) is 0.798. The van der Waals surface area contributed by atoms with Crippen molar-refractivity contribution in [2.24, 2.45) is 0 Å². The molecule has 1 aromatic rings. The van der Waals surface area contributed by atoms with Crippen molar-refractivity contribution < 1.29 is 0 Å². The molecule has 0 aromatic heterocycles. The van der Waals surface area contributed by atoms with E-state index in [4.69, 9.17) is 23.2 Å². The molecule has 12 heavy (non-hydrogen) atoms. The first kappa shape index (κ1) is 9.85. The molecule has 66 valence electrons. The second kappa shape index (κ2) is 4.70. The minimum atomic E-state index is 0.630. The highest BCUT2D eigenvalue weighted by molar-refractivity contribution is 6.42. The molecule has 0 radical (unpaired) electrons. The monoisotopic (exact) mass is 203 g/mol. The average molecular weight is 204 g/mol. The number of hydrogen-bond acceptors (Lipinski definition) is 1. The van der Waals surface area contributed by atoms with Crippen LogP contribution in [0.2, 0.25) is 10.0 Å². The maximum absolute atomic E-state index is 5.97. The molecule has 0 atom stereocenters. The van der Waals surface area contributed by atoms with Crippen LogP contribution in [0.15, 0.2) is 18.2 Å². The van der Waals surface area contributed by atoms with Crippen LogP contribution in [0.3, 0.4) is 0 Å². The summed E-state index contributed by atoms with van der Waals surface area (Å²) in [6.45, 7) is 0.917. The summed E-state index contributed by atoms with van der Waals surface area (Å²) in [6, 6.07) is 5.71. The van der Waals surface area contributed by atoms with E-state index in [2.05, 4.69) is 5.32 Å². The number of likely N-dealkylation sites (N-methyl/N-ethyl adjacent to an activating group) is 1. The van der Waals surface area contributed by atoms with Crippen LogP contribution < -0.4 is 5.32 Å². The number of halogens is 2. The predicted octanol–water partition coefficient (Wildman–Crippen LogP) is 2.76. The van der Waals surface area contributed by atoms with Gasteiger partial charge < -0.3 is 5.32 Å². The second-order valence-corrected chi connectivity index (χ2v) is 3.35. The van der Waals surface area contributed by atoms with Gasteiger partial charge in [0.25, 0.3) is 0 Å². The van der Waals surface area contributed by atoms with E-state index in [1.807, 2.05) is 19.2 Å². The van der Waals surface area contributed by atoms with E-state index in [1.165, 1.54) is 0 Å². The molecular formula is C9H11Cl2N. The largest absolute Gasteiger partial charge is 0.319 e. The molecule has 0 amide bonds. The Hall–Kier alpha value is -0.240. The van der Waals surface area contributed by atoms with Crippen LogP contribution >= 0.6 is 23.2 Å². The van der Waals surface area contributed by atoms with E-state index in [-0.39, 0.29) is 0 Å². The van der Waals surface area contributed by atoms with Gasteiger partial charge in [0.05, 0.1) is 10.0 Å². The summed E-state index contributed by atoms with van der Waals surface area (Å²) in [5, 5.41) is 4.37. The Balaban J connectivity index is 2.78. The lowest BCUT2D eigenvalue weighted by molar-refractivity contribution is 0.792. The molecule has 1 rings (SSSR count). The van der Waals surface area contributed by atoms with Crippen LogP contribution in [0.1, 0.15) is 5.56 Å². The Morgan fingerprint density at radius 3 is 2.75 bits per heavy atom. The van der Waals surface area contributed by atoms with Gasteiger partial charge in [0.2, 0.25) is 0 Å². The lowest BCUT2D eigenvalue weighted by Crippen LogP contribution is -2.10. The average Bonchev–Trinajstić information content (AvgIpc) is 2.08. The van der Waals surface area contributed by atoms with Crippen molar-refractivity contribution in [2.75, 3.05) is 13.6 Å². The van der Waals surface area contributed by atoms with E-state index in [1.54, 1.807) is 6.07 Å². The molecule has 0 saturated heterocycles. The van der Waals surface area contributed by atoms with E-state index < -0.39 is 0 Å². The summed E-state index contributed by atoms with van der Waals surface area (Å²) >= 11 is 11.8. The van der Waals surface area contributed by atoms with Gasteiger partial charge in [-0.3, -0.25) is 0 Å². The van der Waals surface area contributed by atoms with E-state index in [9.17, 15) is 0 Å². The number of benzene rings is 1. The van der Waals surface area contributed by atoms with Gasteiger partial charge in [-0.1, -0.05) is 35.3 Å². The van der Waals surface area contributed by atoms with Crippen molar-refractivity contribution in [3.05, 3.63) is 33.8 Å². The normalized spacial score (nSPS) is 10.2. The molecule has 0 spiro atoms. The standard InChI is InChI=1S/C9H11Cl2N/c1-12-6-5-7-3-2-4-8(10)9(7)11/h2-4,12H,5-6H2,1H3. The summed E-state index contributed by atoms with van der Waals surface area (Å²) in [5.74, 6) is 0. The maximum atomic E-state index is 5.97. The van der Waals surface area contributed by atoms with Gasteiger partial charge in [0.15, 0.2) is 0 Å². The summed E-state index contributed by atoms with van der Waals surface area (Å²) < 4.78 is 0. The zero-order valence-electron chi connectivity index (χ0n) is 6.90. The van der Waals surface area contributed by atoms with Gasteiger partial charge in [-0.15, -0.1) is 0 Å². The number of hydrogen-bond donors (Lipinski definition) is 1. The smallest absolute Gasteiger partial charge is 0.0624 e. The molecule has 0 unspecified atom stereocenters. The Labute approximate surface area is 82.7 Å². The molecule has 0 aliphatic carbocycles. The lowest BCUT2D eigenvalue weighted by atomic mass is 10.1. The zero-order valence-corrected chi connectivity index (χ0v) is 8.41. The minimum Gasteiger partial charge on any atom is -0.319 e. The molecule has 0 saturated carbocycles. The van der Waals surface area contributed by atoms with Gasteiger partial charge in [0, 0.05) is 0 Å². The predicted molar refractivity (Wildman–Crippen MR) is 54.1 cm³/mol. The van der Waals surface area contributed by atoms with Crippen LogP contribution in [-0.2, 0) is 6.42 Å². The van der Waals surface area contributed by atoms with E-state index in [0.717, 1.165) is 18.5 Å². The fraction of sp³-hybridized carbons (Fsp3) is 0.333. The summed E-state index contributed by atoms with van der Waals surface area (Å²) in [6.07, 6.45) is 0.913. The zero-order chi connectivity index (χ0) is 8.97. The minimum absolute atomic E-state index is 0.630. The first-order valence-electron chi connectivity index (χ1n) is 3.83. The molecule has 0 aliphatic rings. The van der Waals surface area contributed by atoms with Gasteiger partial charge in [-0.25, -0.2) is 0 Å². The van der Waals surface area contributed by atoms with Crippen LogP contribution in [0.25, 0.3) is 0 Å². The number of nitrogens with one attached hydrogen (secondary N) is 1. The Morgan fingerprint density at radius 2 is 2.08 bits per heavy atom. The van der Waals surface area contributed by atoms with Crippen LogP contribution in [0.5, 0.6) is 0 Å². The fourth-order valence-electron chi connectivity index (χ4n) is 1.00. The molecule has 0 fully saturated rings. The third kappa shape index (κ3) is 2.37. The lowest BCUT2D eigenvalue weighted by Gasteiger charge is -2.04. The fourth-order valence-corrected chi connectivity index (χ4v) is 1.42. The van der Waals surface area contributed by atoms with Crippen molar-refractivity contribution >= 4 is 23.2 Å². The first-order valence-corrected chi connectivity index (χ1v) is 4.59. The third-order valence-electron chi connectivity index (χ3n) is 1.68. The molecule has 1 aromatic carbocycles. The summed E-state index contributed by atoms with van der Waals surface area (Å²) in [4.78, 5) is 0. The third-order valence-corrected chi connectivity index (χ3v) is 2.53. The highest BCUT2D eigenvalue weighted by Crippen LogP contribution is 2.25. The number of rotatable bonds is 3. The van der Waals surface area contributed by atoms with Crippen molar-refractivity contribution in [2.45, 2.75) is 6.42 Å². The highest BCUT2D eigenvalue weighted by Gasteiger charge is 2.02. The Bertz CT molecular complexity index is 261. The molecule has 0 heterocycles. The van der Waals surface area contributed by atoms with Crippen LogP contribution in [0, 0.1) is 0 Å². The first-order chi connectivity index (χ1) is 5.75. The Morgan fingerprint density at radius 1 is 1.33 bits per heavy atom. The highest BCUT2D eigenvalue weighted by atomic mass is 35.5. The molecule has 0 bridgehead atoms. The molecule has 1 nitrogen and oxygen atoms in total. The van der Waals surface area contributed by atoms with E-state index in [0.29, 0.717) is 10.0 Å². The van der Waals surface area contributed by atoms with Crippen molar-refractivity contribution in [3.8, 4) is 0 Å². The van der Waals surface area contributed by atoms with Gasteiger partial charge in [-0.05, 0) is 31.6 Å². The summed E-state index contributed by atoms with van der Waals surface area (Å²) in [7, 11) is 1.92. The molecule has 0 aliphatic heterocycles.